The van der Waals surface area contributed by atoms with Crippen LogP contribution in [0.5, 0.6) is 0 Å². The summed E-state index contributed by atoms with van der Waals surface area (Å²) in [5.41, 5.74) is 4.46. The van der Waals surface area contributed by atoms with Crippen LogP contribution in [-0.4, -0.2) is 45.2 Å². The SMILES string of the molecule is CCOC(=O)c1cc(-c2ccccc2C)n(-c2ccc(C(=O)N3[C@@H](C)C=C[C@@H]3C)cc2)n1. The highest BCUT2D eigenvalue weighted by Gasteiger charge is 2.28. The van der Waals surface area contributed by atoms with E-state index in [1.807, 2.05) is 86.4 Å². The maximum absolute atomic E-state index is 13.0. The van der Waals surface area contributed by atoms with Crippen molar-refractivity contribution in [2.24, 2.45) is 0 Å². The zero-order chi connectivity index (χ0) is 22.8. The van der Waals surface area contributed by atoms with E-state index < -0.39 is 5.97 Å². The van der Waals surface area contributed by atoms with Crippen molar-refractivity contribution in [3.8, 4) is 16.9 Å². The number of carbonyl (C=O) groups is 2. The van der Waals surface area contributed by atoms with Crippen LogP contribution >= 0.6 is 0 Å². The fourth-order valence-corrected chi connectivity index (χ4v) is 4.08. The fourth-order valence-electron chi connectivity index (χ4n) is 4.08. The standard InChI is InChI=1S/C26H27N3O3/c1-5-32-26(31)23-16-24(22-9-7-6-8-17(22)2)29(27-23)21-14-12-20(13-15-21)25(30)28-18(3)10-11-19(28)4/h6-16,18-19H,5H2,1-4H3/t18-,19-/m0/s1. The Morgan fingerprint density at radius 1 is 1.00 bits per heavy atom. The molecule has 0 saturated carbocycles. The molecule has 2 heterocycles. The molecule has 0 N–H and O–H groups in total. The first-order chi connectivity index (χ1) is 15.4. The van der Waals surface area contributed by atoms with E-state index >= 15 is 0 Å². The molecule has 3 aromatic rings. The maximum Gasteiger partial charge on any atom is 0.358 e. The zero-order valence-corrected chi connectivity index (χ0v) is 18.8. The van der Waals surface area contributed by atoms with Gasteiger partial charge in [-0.15, -0.1) is 0 Å². The van der Waals surface area contributed by atoms with Gasteiger partial charge in [0.25, 0.3) is 5.91 Å². The minimum Gasteiger partial charge on any atom is -0.461 e. The van der Waals surface area contributed by atoms with Gasteiger partial charge in [0, 0.05) is 23.2 Å². The number of aromatic nitrogens is 2. The Morgan fingerprint density at radius 3 is 2.28 bits per heavy atom. The summed E-state index contributed by atoms with van der Waals surface area (Å²) in [6.07, 6.45) is 4.10. The summed E-state index contributed by atoms with van der Waals surface area (Å²) < 4.78 is 6.88. The molecule has 0 bridgehead atoms. The van der Waals surface area contributed by atoms with Crippen molar-refractivity contribution >= 4 is 11.9 Å². The molecular formula is C26H27N3O3. The number of esters is 1. The highest BCUT2D eigenvalue weighted by molar-refractivity contribution is 5.95. The van der Waals surface area contributed by atoms with Crippen LogP contribution in [0.4, 0.5) is 0 Å². The Bertz CT molecular complexity index is 1170. The first-order valence-electron chi connectivity index (χ1n) is 10.8. The molecule has 2 atom stereocenters. The summed E-state index contributed by atoms with van der Waals surface area (Å²) in [7, 11) is 0. The number of benzene rings is 2. The maximum atomic E-state index is 13.0. The molecular weight excluding hydrogens is 402 g/mol. The van der Waals surface area contributed by atoms with Gasteiger partial charge in [0.1, 0.15) is 0 Å². The van der Waals surface area contributed by atoms with Crippen LogP contribution < -0.4 is 0 Å². The molecule has 0 aliphatic carbocycles. The molecule has 1 amide bonds. The number of aryl methyl sites for hydroxylation is 1. The molecule has 0 fully saturated rings. The summed E-state index contributed by atoms with van der Waals surface area (Å²) in [5.74, 6) is -0.467. The first-order valence-corrected chi connectivity index (χ1v) is 10.8. The molecule has 1 aromatic heterocycles. The lowest BCUT2D eigenvalue weighted by Gasteiger charge is -2.26. The Hall–Kier alpha value is -3.67. The van der Waals surface area contributed by atoms with Gasteiger partial charge in [-0.05, 0) is 63.6 Å². The number of hydrogen-bond donors (Lipinski definition) is 0. The molecule has 32 heavy (non-hydrogen) atoms. The molecule has 4 rings (SSSR count). The Morgan fingerprint density at radius 2 is 1.66 bits per heavy atom. The van der Waals surface area contributed by atoms with Crippen molar-refractivity contribution in [3.05, 3.63) is 83.6 Å². The first kappa shape index (κ1) is 21.6. The predicted octanol–water partition coefficient (Wildman–Crippen LogP) is 4.81. The Labute approximate surface area is 188 Å². The zero-order valence-electron chi connectivity index (χ0n) is 18.8. The quantitative estimate of drug-likeness (QED) is 0.431. The Kier molecular flexibility index (Phi) is 5.95. The normalized spacial score (nSPS) is 17.6. The minimum absolute atomic E-state index is 0.00615. The van der Waals surface area contributed by atoms with Gasteiger partial charge in [0.2, 0.25) is 0 Å². The van der Waals surface area contributed by atoms with Crippen molar-refractivity contribution in [3.63, 3.8) is 0 Å². The van der Waals surface area contributed by atoms with Crippen molar-refractivity contribution in [1.82, 2.24) is 14.7 Å². The third-order valence-corrected chi connectivity index (χ3v) is 5.75. The average molecular weight is 430 g/mol. The second kappa shape index (κ2) is 8.83. The lowest BCUT2D eigenvalue weighted by Crippen LogP contribution is -2.39. The highest BCUT2D eigenvalue weighted by atomic mass is 16.5. The van der Waals surface area contributed by atoms with Gasteiger partial charge < -0.3 is 9.64 Å². The number of rotatable bonds is 5. The molecule has 0 spiro atoms. The van der Waals surface area contributed by atoms with Crippen LogP contribution in [0.2, 0.25) is 0 Å². The van der Waals surface area contributed by atoms with Gasteiger partial charge in [-0.2, -0.15) is 5.10 Å². The van der Waals surface area contributed by atoms with Gasteiger partial charge in [-0.1, -0.05) is 36.4 Å². The smallest absolute Gasteiger partial charge is 0.358 e. The summed E-state index contributed by atoms with van der Waals surface area (Å²) in [6, 6.07) is 17.2. The van der Waals surface area contributed by atoms with Crippen molar-refractivity contribution in [2.45, 2.75) is 39.8 Å². The van der Waals surface area contributed by atoms with Crippen molar-refractivity contribution < 1.29 is 14.3 Å². The number of carbonyl (C=O) groups excluding carboxylic acids is 2. The molecule has 6 nitrogen and oxygen atoms in total. The van der Waals surface area contributed by atoms with Gasteiger partial charge in [0.15, 0.2) is 5.69 Å². The highest BCUT2D eigenvalue weighted by Crippen LogP contribution is 2.28. The number of amides is 1. The van der Waals surface area contributed by atoms with E-state index in [2.05, 4.69) is 5.10 Å². The largest absolute Gasteiger partial charge is 0.461 e. The second-order valence-corrected chi connectivity index (χ2v) is 7.99. The van der Waals surface area contributed by atoms with Crippen molar-refractivity contribution in [2.75, 3.05) is 6.61 Å². The van der Waals surface area contributed by atoms with E-state index in [1.54, 1.807) is 17.7 Å². The predicted molar refractivity (Wildman–Crippen MR) is 124 cm³/mol. The fraction of sp³-hybridized carbons (Fsp3) is 0.269. The molecule has 1 aliphatic rings. The van der Waals surface area contributed by atoms with E-state index in [0.29, 0.717) is 5.56 Å². The second-order valence-electron chi connectivity index (χ2n) is 7.99. The van der Waals surface area contributed by atoms with Crippen LogP contribution in [0.25, 0.3) is 16.9 Å². The van der Waals surface area contributed by atoms with Crippen LogP contribution in [-0.2, 0) is 4.74 Å². The monoisotopic (exact) mass is 429 g/mol. The van der Waals surface area contributed by atoms with Gasteiger partial charge >= 0.3 is 5.97 Å². The summed E-state index contributed by atoms with van der Waals surface area (Å²) in [6.45, 7) is 8.10. The molecule has 2 aromatic carbocycles. The lowest BCUT2D eigenvalue weighted by molar-refractivity contribution is 0.0518. The molecule has 0 unspecified atom stereocenters. The van der Waals surface area contributed by atoms with Crippen LogP contribution in [0.1, 0.15) is 47.2 Å². The van der Waals surface area contributed by atoms with E-state index in [9.17, 15) is 9.59 Å². The lowest BCUT2D eigenvalue weighted by atomic mass is 10.1. The molecule has 1 aliphatic heterocycles. The number of nitrogens with zero attached hydrogens (tertiary/aromatic N) is 3. The minimum atomic E-state index is -0.461. The molecule has 6 heteroatoms. The topological polar surface area (TPSA) is 64.4 Å². The van der Waals surface area contributed by atoms with Gasteiger partial charge in [-0.25, -0.2) is 9.48 Å². The number of ether oxygens (including phenoxy) is 1. The number of hydrogen-bond acceptors (Lipinski definition) is 4. The third-order valence-electron chi connectivity index (χ3n) is 5.75. The van der Waals surface area contributed by atoms with Crippen molar-refractivity contribution in [1.29, 1.82) is 0 Å². The van der Waals surface area contributed by atoms with Gasteiger partial charge in [-0.3, -0.25) is 4.79 Å². The Balaban J connectivity index is 1.72. The van der Waals surface area contributed by atoms with Crippen LogP contribution in [0.15, 0.2) is 66.7 Å². The van der Waals surface area contributed by atoms with Gasteiger partial charge in [0.05, 0.1) is 18.0 Å². The summed E-state index contributed by atoms with van der Waals surface area (Å²) in [4.78, 5) is 27.2. The third kappa shape index (κ3) is 3.96. The molecule has 0 radical (unpaired) electrons. The summed E-state index contributed by atoms with van der Waals surface area (Å²) >= 11 is 0. The van der Waals surface area contributed by atoms with Crippen LogP contribution in [0.3, 0.4) is 0 Å². The van der Waals surface area contributed by atoms with E-state index in [0.717, 1.165) is 22.5 Å². The van der Waals surface area contributed by atoms with E-state index in [1.165, 1.54) is 0 Å². The average Bonchev–Trinajstić information content (AvgIpc) is 3.37. The summed E-state index contributed by atoms with van der Waals surface area (Å²) in [5, 5.41) is 4.53. The van der Waals surface area contributed by atoms with E-state index in [-0.39, 0.29) is 30.3 Å². The molecule has 164 valence electrons. The van der Waals surface area contributed by atoms with E-state index in [4.69, 9.17) is 4.74 Å². The van der Waals surface area contributed by atoms with Crippen LogP contribution in [0, 0.1) is 6.92 Å². The molecule has 0 saturated heterocycles.